The van der Waals surface area contributed by atoms with Gasteiger partial charge in [-0.15, -0.1) is 13.2 Å². The second-order valence-corrected chi connectivity index (χ2v) is 4.97. The minimum absolute atomic E-state index is 0.0569. The smallest absolute Gasteiger partial charge is 0.469 e. The number of ether oxygens (including phenoxy) is 2. The highest BCUT2D eigenvalue weighted by molar-refractivity contribution is 14.1. The molecule has 0 bridgehead atoms. The maximum atomic E-state index is 12.3. The Morgan fingerprint density at radius 1 is 1.53 bits per heavy atom. The summed E-state index contributed by atoms with van der Waals surface area (Å²) >= 11 is 4.88. The first kappa shape index (κ1) is 16.5. The van der Waals surface area contributed by atoms with Gasteiger partial charge in [0, 0.05) is 17.0 Å². The van der Waals surface area contributed by atoms with Gasteiger partial charge in [0.1, 0.15) is 9.45 Å². The molecule has 19 heavy (non-hydrogen) atoms. The zero-order chi connectivity index (χ0) is 14.6. The standard InChI is InChI=1S/C10H8BrF3INO3/c1-18-9(17)2-5-6(4-11)16-8(15)3-7(5)19-10(12,13)14/h3H,2,4H2,1H3. The summed E-state index contributed by atoms with van der Waals surface area (Å²) in [6.45, 7) is 0. The molecule has 0 aromatic carbocycles. The van der Waals surface area contributed by atoms with Gasteiger partial charge in [0.05, 0.1) is 19.2 Å². The van der Waals surface area contributed by atoms with Crippen molar-refractivity contribution in [1.82, 2.24) is 4.98 Å². The first-order valence-corrected chi connectivity index (χ1v) is 7.03. The van der Waals surface area contributed by atoms with E-state index in [0.29, 0.717) is 9.39 Å². The predicted octanol–water partition coefficient (Wildman–Crippen LogP) is 3.20. The first-order chi connectivity index (χ1) is 8.76. The van der Waals surface area contributed by atoms with E-state index in [1.54, 1.807) is 22.6 Å². The van der Waals surface area contributed by atoms with Crippen LogP contribution in [0.2, 0.25) is 0 Å². The van der Waals surface area contributed by atoms with Crippen LogP contribution in [-0.4, -0.2) is 24.4 Å². The van der Waals surface area contributed by atoms with Gasteiger partial charge in [-0.05, 0) is 22.6 Å². The van der Waals surface area contributed by atoms with Gasteiger partial charge in [0.25, 0.3) is 0 Å². The molecule has 1 aromatic rings. The number of pyridine rings is 1. The molecule has 1 heterocycles. The summed E-state index contributed by atoms with van der Waals surface area (Å²) in [5.41, 5.74) is 0.359. The third-order valence-electron chi connectivity index (χ3n) is 2.04. The average molecular weight is 454 g/mol. The molecule has 0 fully saturated rings. The predicted molar refractivity (Wildman–Crippen MR) is 72.0 cm³/mol. The van der Waals surface area contributed by atoms with Crippen molar-refractivity contribution >= 4 is 44.5 Å². The fourth-order valence-corrected chi connectivity index (χ4v) is 2.34. The lowest BCUT2D eigenvalue weighted by molar-refractivity contribution is -0.275. The molecule has 0 unspecified atom stereocenters. The topological polar surface area (TPSA) is 48.4 Å². The molecule has 106 valence electrons. The Labute approximate surface area is 128 Å². The van der Waals surface area contributed by atoms with E-state index in [9.17, 15) is 18.0 Å². The number of carbonyl (C=O) groups excluding carboxylic acids is 1. The first-order valence-electron chi connectivity index (χ1n) is 4.83. The van der Waals surface area contributed by atoms with Crippen molar-refractivity contribution in [3.05, 3.63) is 21.0 Å². The molecule has 0 aliphatic heterocycles. The molecule has 0 spiro atoms. The number of hydrogen-bond donors (Lipinski definition) is 0. The molecular formula is C10H8BrF3INO3. The fourth-order valence-electron chi connectivity index (χ4n) is 1.30. The summed E-state index contributed by atoms with van der Waals surface area (Å²) in [4.78, 5) is 15.3. The van der Waals surface area contributed by atoms with E-state index < -0.39 is 18.1 Å². The summed E-state index contributed by atoms with van der Waals surface area (Å²) < 4.78 is 45.7. The molecule has 0 aliphatic rings. The van der Waals surface area contributed by atoms with Crippen LogP contribution >= 0.6 is 38.5 Å². The van der Waals surface area contributed by atoms with E-state index in [2.05, 4.69) is 30.4 Å². The summed E-state index contributed by atoms with van der Waals surface area (Å²) in [7, 11) is 1.15. The molecule has 0 N–H and O–H groups in total. The Bertz CT molecular complexity index is 482. The third-order valence-corrected chi connectivity index (χ3v) is 3.12. The monoisotopic (exact) mass is 453 g/mol. The van der Waals surface area contributed by atoms with Crippen molar-refractivity contribution in [3.8, 4) is 5.75 Å². The van der Waals surface area contributed by atoms with E-state index in [0.717, 1.165) is 13.2 Å². The van der Waals surface area contributed by atoms with Crippen molar-refractivity contribution in [1.29, 1.82) is 0 Å². The van der Waals surface area contributed by atoms with Gasteiger partial charge in [-0.25, -0.2) is 4.98 Å². The van der Waals surface area contributed by atoms with Gasteiger partial charge >= 0.3 is 12.3 Å². The number of esters is 1. The minimum Gasteiger partial charge on any atom is -0.469 e. The van der Waals surface area contributed by atoms with Gasteiger partial charge in [0.2, 0.25) is 0 Å². The number of carbonyl (C=O) groups is 1. The minimum atomic E-state index is -4.83. The van der Waals surface area contributed by atoms with Gasteiger partial charge in [0.15, 0.2) is 0 Å². The molecule has 0 aliphatic carbocycles. The molecule has 0 saturated heterocycles. The number of halogens is 5. The Morgan fingerprint density at radius 3 is 2.63 bits per heavy atom. The lowest BCUT2D eigenvalue weighted by Gasteiger charge is -2.15. The molecule has 4 nitrogen and oxygen atoms in total. The molecule has 0 amide bonds. The molecule has 1 aromatic heterocycles. The van der Waals surface area contributed by atoms with Crippen LogP contribution < -0.4 is 4.74 Å². The van der Waals surface area contributed by atoms with Crippen molar-refractivity contribution in [2.45, 2.75) is 18.1 Å². The summed E-state index contributed by atoms with van der Waals surface area (Å²) in [6.07, 6.45) is -5.17. The highest BCUT2D eigenvalue weighted by Gasteiger charge is 2.33. The summed E-state index contributed by atoms with van der Waals surface area (Å²) in [5, 5.41) is 0.199. The third kappa shape index (κ3) is 5.13. The lowest BCUT2D eigenvalue weighted by atomic mass is 10.1. The lowest BCUT2D eigenvalue weighted by Crippen LogP contribution is -2.20. The number of rotatable bonds is 4. The fraction of sp³-hybridized carbons (Fsp3) is 0.400. The van der Waals surface area contributed by atoms with Gasteiger partial charge in [-0.3, -0.25) is 4.79 Å². The van der Waals surface area contributed by atoms with Crippen molar-refractivity contribution in [3.63, 3.8) is 0 Å². The van der Waals surface area contributed by atoms with Crippen LogP contribution in [0.3, 0.4) is 0 Å². The van der Waals surface area contributed by atoms with Crippen LogP contribution in [0.5, 0.6) is 5.75 Å². The molecule has 0 saturated carbocycles. The summed E-state index contributed by atoms with van der Waals surface area (Å²) in [5.74, 6) is -1.11. The van der Waals surface area contributed by atoms with Crippen LogP contribution in [-0.2, 0) is 21.3 Å². The molecular weight excluding hydrogens is 446 g/mol. The molecule has 1 rings (SSSR count). The zero-order valence-electron chi connectivity index (χ0n) is 9.55. The van der Waals surface area contributed by atoms with Crippen molar-refractivity contribution < 1.29 is 27.4 Å². The van der Waals surface area contributed by atoms with Crippen LogP contribution in [0.15, 0.2) is 6.07 Å². The van der Waals surface area contributed by atoms with Crippen LogP contribution in [0.1, 0.15) is 11.3 Å². The Balaban J connectivity index is 3.25. The summed E-state index contributed by atoms with van der Waals surface area (Å²) in [6, 6.07) is 1.12. The van der Waals surface area contributed by atoms with Gasteiger partial charge in [-0.1, -0.05) is 15.9 Å². The van der Waals surface area contributed by atoms with E-state index >= 15 is 0 Å². The van der Waals surface area contributed by atoms with E-state index in [1.807, 2.05) is 0 Å². The number of alkyl halides is 4. The second kappa shape index (κ2) is 6.73. The number of nitrogens with zero attached hydrogens (tertiary/aromatic N) is 1. The van der Waals surface area contributed by atoms with Gasteiger partial charge in [-0.2, -0.15) is 0 Å². The van der Waals surface area contributed by atoms with Crippen LogP contribution in [0.25, 0.3) is 0 Å². The van der Waals surface area contributed by atoms with Crippen LogP contribution in [0.4, 0.5) is 13.2 Å². The van der Waals surface area contributed by atoms with E-state index in [1.165, 1.54) is 0 Å². The molecule has 0 atom stereocenters. The number of hydrogen-bond acceptors (Lipinski definition) is 4. The highest BCUT2D eigenvalue weighted by Crippen LogP contribution is 2.30. The van der Waals surface area contributed by atoms with E-state index in [4.69, 9.17) is 0 Å². The highest BCUT2D eigenvalue weighted by atomic mass is 127. The Morgan fingerprint density at radius 2 is 2.16 bits per heavy atom. The SMILES string of the molecule is COC(=O)Cc1c(OC(F)(F)F)cc(I)nc1CBr. The van der Waals surface area contributed by atoms with Gasteiger partial charge < -0.3 is 9.47 Å². The quantitative estimate of drug-likeness (QED) is 0.304. The molecule has 9 heteroatoms. The van der Waals surface area contributed by atoms with Crippen LogP contribution in [0, 0.1) is 3.70 Å². The maximum Gasteiger partial charge on any atom is 0.573 e. The normalized spacial score (nSPS) is 11.3. The largest absolute Gasteiger partial charge is 0.573 e. The number of aromatic nitrogens is 1. The van der Waals surface area contributed by atoms with E-state index in [-0.39, 0.29) is 17.3 Å². The van der Waals surface area contributed by atoms with Crippen molar-refractivity contribution in [2.24, 2.45) is 0 Å². The Kier molecular flexibility index (Phi) is 5.83. The second-order valence-electron chi connectivity index (χ2n) is 3.30. The van der Waals surface area contributed by atoms with Crippen molar-refractivity contribution in [2.75, 3.05) is 7.11 Å². The Hall–Kier alpha value is -0.580. The maximum absolute atomic E-state index is 12.3. The molecule has 0 radical (unpaired) electrons. The average Bonchev–Trinajstić information content (AvgIpc) is 2.29. The number of methoxy groups -OCH3 is 1. The zero-order valence-corrected chi connectivity index (χ0v) is 13.3.